The minimum atomic E-state index is 0.631. The van der Waals surface area contributed by atoms with Gasteiger partial charge in [-0.3, -0.25) is 0 Å². The number of aryl methyl sites for hydroxylation is 1. The van der Waals surface area contributed by atoms with Gasteiger partial charge in [0.25, 0.3) is 0 Å². The summed E-state index contributed by atoms with van der Waals surface area (Å²) in [6, 6.07) is 5.85. The van der Waals surface area contributed by atoms with E-state index in [2.05, 4.69) is 17.6 Å². The maximum atomic E-state index is 9.00. The van der Waals surface area contributed by atoms with Gasteiger partial charge in [0, 0.05) is 19.3 Å². The average molecular weight is 215 g/mol. The zero-order valence-corrected chi connectivity index (χ0v) is 9.90. The molecule has 0 bridgehead atoms. The van der Waals surface area contributed by atoms with Gasteiger partial charge in [0.1, 0.15) is 11.9 Å². The second kappa shape index (κ2) is 5.92. The summed E-state index contributed by atoms with van der Waals surface area (Å²) in [4.78, 5) is 6.42. The van der Waals surface area contributed by atoms with Crippen LogP contribution in [0.1, 0.15) is 24.1 Å². The van der Waals surface area contributed by atoms with Crippen LogP contribution >= 0.6 is 0 Å². The number of hydrogen-bond acceptors (Lipinski definition) is 3. The summed E-state index contributed by atoms with van der Waals surface area (Å²) in [6.45, 7) is 6.51. The number of nitriles is 1. The van der Waals surface area contributed by atoms with Crippen molar-refractivity contribution in [3.05, 3.63) is 36.0 Å². The van der Waals surface area contributed by atoms with Crippen LogP contribution in [-0.2, 0) is 0 Å². The first-order chi connectivity index (χ1) is 7.69. The number of nitrogens with zero attached hydrogens (tertiary/aromatic N) is 3. The van der Waals surface area contributed by atoms with Gasteiger partial charge in [-0.05, 0) is 31.9 Å². The molecule has 1 heterocycles. The summed E-state index contributed by atoms with van der Waals surface area (Å²) in [5.41, 5.74) is 1.57. The summed E-state index contributed by atoms with van der Waals surface area (Å²) in [5.74, 6) is 0.770. The highest BCUT2D eigenvalue weighted by Gasteiger charge is 2.08. The Kier molecular flexibility index (Phi) is 4.53. The van der Waals surface area contributed by atoms with Crippen LogP contribution < -0.4 is 4.90 Å². The van der Waals surface area contributed by atoms with E-state index in [1.54, 1.807) is 0 Å². The van der Waals surface area contributed by atoms with E-state index in [-0.39, 0.29) is 0 Å². The Morgan fingerprint density at radius 3 is 2.94 bits per heavy atom. The van der Waals surface area contributed by atoms with Crippen molar-refractivity contribution in [2.24, 2.45) is 0 Å². The summed E-state index contributed by atoms with van der Waals surface area (Å²) < 4.78 is 0. The minimum absolute atomic E-state index is 0.631. The van der Waals surface area contributed by atoms with E-state index in [1.807, 2.05) is 37.1 Å². The second-order valence-electron chi connectivity index (χ2n) is 3.79. The predicted octanol–water partition coefficient (Wildman–Crippen LogP) is 2.66. The quantitative estimate of drug-likeness (QED) is 0.560. The summed E-state index contributed by atoms with van der Waals surface area (Å²) in [6.07, 6.45) is 3.92. The molecule has 0 spiro atoms. The van der Waals surface area contributed by atoms with Crippen LogP contribution in [0.15, 0.2) is 24.8 Å². The first kappa shape index (κ1) is 12.3. The molecule has 0 aliphatic rings. The fourth-order valence-corrected chi connectivity index (χ4v) is 1.50. The molecule has 1 rings (SSSR count). The highest BCUT2D eigenvalue weighted by atomic mass is 15.2. The summed E-state index contributed by atoms with van der Waals surface area (Å²) in [5, 5.41) is 9.00. The van der Waals surface area contributed by atoms with Crippen LogP contribution in [0.5, 0.6) is 0 Å². The lowest BCUT2D eigenvalue weighted by molar-refractivity contribution is 0.789. The van der Waals surface area contributed by atoms with Gasteiger partial charge in [0.2, 0.25) is 0 Å². The molecular formula is C13H17N3. The van der Waals surface area contributed by atoms with Crippen LogP contribution in [0, 0.1) is 18.3 Å². The molecule has 84 valence electrons. The molecule has 1 aromatic rings. The molecule has 3 heteroatoms. The number of anilines is 1. The van der Waals surface area contributed by atoms with Crippen molar-refractivity contribution in [2.45, 2.75) is 19.8 Å². The Balaban J connectivity index is 2.81. The molecular weight excluding hydrogens is 198 g/mol. The molecule has 0 N–H and O–H groups in total. The fraction of sp³-hybridized carbons (Fsp3) is 0.385. The van der Waals surface area contributed by atoms with Crippen molar-refractivity contribution in [3.63, 3.8) is 0 Å². The first-order valence-corrected chi connectivity index (χ1v) is 5.39. The number of pyridine rings is 1. The van der Waals surface area contributed by atoms with Gasteiger partial charge in [-0.2, -0.15) is 5.26 Å². The Morgan fingerprint density at radius 1 is 1.56 bits per heavy atom. The Morgan fingerprint density at radius 2 is 2.31 bits per heavy atom. The van der Waals surface area contributed by atoms with E-state index in [0.717, 1.165) is 30.9 Å². The molecule has 0 aliphatic heterocycles. The zero-order chi connectivity index (χ0) is 12.0. The topological polar surface area (TPSA) is 39.9 Å². The van der Waals surface area contributed by atoms with E-state index in [1.165, 1.54) is 0 Å². The largest absolute Gasteiger partial charge is 0.359 e. The molecule has 0 radical (unpaired) electrons. The van der Waals surface area contributed by atoms with E-state index in [4.69, 9.17) is 5.26 Å². The highest BCUT2D eigenvalue weighted by molar-refractivity contribution is 5.53. The van der Waals surface area contributed by atoms with Crippen molar-refractivity contribution in [3.8, 4) is 6.07 Å². The van der Waals surface area contributed by atoms with Crippen molar-refractivity contribution in [2.75, 3.05) is 18.5 Å². The SMILES string of the molecule is C=CCCCN(C)c1nc(C)ccc1C#N. The standard InChI is InChI=1S/C13H17N3/c1-4-5-6-9-16(3)13-12(10-14)8-7-11(2)15-13/h4,7-8H,1,5-6,9H2,2-3H3. The van der Waals surface area contributed by atoms with E-state index in [9.17, 15) is 0 Å². The van der Waals surface area contributed by atoms with E-state index < -0.39 is 0 Å². The maximum Gasteiger partial charge on any atom is 0.146 e. The average Bonchev–Trinajstić information content (AvgIpc) is 2.29. The lowest BCUT2D eigenvalue weighted by atomic mass is 10.2. The maximum absolute atomic E-state index is 9.00. The first-order valence-electron chi connectivity index (χ1n) is 5.39. The Bertz CT molecular complexity index is 404. The van der Waals surface area contributed by atoms with Gasteiger partial charge in [-0.25, -0.2) is 4.98 Å². The van der Waals surface area contributed by atoms with Gasteiger partial charge < -0.3 is 4.90 Å². The predicted molar refractivity (Wildman–Crippen MR) is 66.4 cm³/mol. The minimum Gasteiger partial charge on any atom is -0.359 e. The summed E-state index contributed by atoms with van der Waals surface area (Å²) in [7, 11) is 1.96. The van der Waals surface area contributed by atoms with E-state index >= 15 is 0 Å². The van der Waals surface area contributed by atoms with Crippen LogP contribution in [0.2, 0.25) is 0 Å². The van der Waals surface area contributed by atoms with Crippen molar-refractivity contribution < 1.29 is 0 Å². The molecule has 1 aromatic heterocycles. The molecule has 0 unspecified atom stereocenters. The number of aromatic nitrogens is 1. The number of hydrogen-bond donors (Lipinski definition) is 0. The van der Waals surface area contributed by atoms with Gasteiger partial charge in [0.05, 0.1) is 5.56 Å². The van der Waals surface area contributed by atoms with Crippen molar-refractivity contribution in [1.82, 2.24) is 4.98 Å². The third-order valence-corrected chi connectivity index (χ3v) is 2.40. The molecule has 0 saturated carbocycles. The molecule has 0 amide bonds. The van der Waals surface area contributed by atoms with Gasteiger partial charge in [-0.15, -0.1) is 6.58 Å². The van der Waals surface area contributed by atoms with Gasteiger partial charge in [0.15, 0.2) is 0 Å². The van der Waals surface area contributed by atoms with Crippen LogP contribution in [0.4, 0.5) is 5.82 Å². The molecule has 0 saturated heterocycles. The molecule has 0 fully saturated rings. The number of rotatable bonds is 5. The molecule has 0 aromatic carbocycles. The molecule has 3 nitrogen and oxygen atoms in total. The number of unbranched alkanes of at least 4 members (excludes halogenated alkanes) is 1. The Labute approximate surface area is 97.0 Å². The lowest BCUT2D eigenvalue weighted by Gasteiger charge is -2.19. The van der Waals surface area contributed by atoms with Crippen LogP contribution in [0.25, 0.3) is 0 Å². The third-order valence-electron chi connectivity index (χ3n) is 2.40. The summed E-state index contributed by atoms with van der Waals surface area (Å²) >= 11 is 0. The fourth-order valence-electron chi connectivity index (χ4n) is 1.50. The zero-order valence-electron chi connectivity index (χ0n) is 9.90. The lowest BCUT2D eigenvalue weighted by Crippen LogP contribution is -2.21. The highest BCUT2D eigenvalue weighted by Crippen LogP contribution is 2.16. The Hall–Kier alpha value is -1.82. The van der Waals surface area contributed by atoms with Gasteiger partial charge >= 0.3 is 0 Å². The normalized spacial score (nSPS) is 9.56. The van der Waals surface area contributed by atoms with Gasteiger partial charge in [-0.1, -0.05) is 6.08 Å². The number of allylic oxidation sites excluding steroid dienone is 1. The molecule has 16 heavy (non-hydrogen) atoms. The molecule has 0 atom stereocenters. The second-order valence-corrected chi connectivity index (χ2v) is 3.79. The van der Waals surface area contributed by atoms with Crippen molar-refractivity contribution in [1.29, 1.82) is 5.26 Å². The monoisotopic (exact) mass is 215 g/mol. The van der Waals surface area contributed by atoms with Crippen molar-refractivity contribution >= 4 is 5.82 Å². The smallest absolute Gasteiger partial charge is 0.146 e. The third kappa shape index (κ3) is 3.09. The molecule has 0 aliphatic carbocycles. The van der Waals surface area contributed by atoms with Crippen LogP contribution in [0.3, 0.4) is 0 Å². The van der Waals surface area contributed by atoms with E-state index in [0.29, 0.717) is 5.56 Å². The van der Waals surface area contributed by atoms with Crippen LogP contribution in [-0.4, -0.2) is 18.6 Å².